The van der Waals surface area contributed by atoms with Gasteiger partial charge in [-0.1, -0.05) is 20.8 Å². The van der Waals surface area contributed by atoms with Gasteiger partial charge in [-0.25, -0.2) is 0 Å². The fraction of sp³-hybridized carbons (Fsp3) is 0.933. The van der Waals surface area contributed by atoms with Crippen LogP contribution in [0.5, 0.6) is 0 Å². The molecule has 4 fully saturated rings. The van der Waals surface area contributed by atoms with E-state index in [1.54, 1.807) is 0 Å². The number of nitrogens with one attached hydrogen (secondary N) is 2. The molecular weight excluding hydrogens is 236 g/mol. The molecule has 2 bridgehead atoms. The summed E-state index contributed by atoms with van der Waals surface area (Å²) in [4.78, 5) is 2.13. The predicted molar refractivity (Wildman–Crippen MR) is 77.9 cm³/mol. The van der Waals surface area contributed by atoms with E-state index in [0.717, 1.165) is 37.4 Å². The van der Waals surface area contributed by atoms with Gasteiger partial charge in [0.1, 0.15) is 0 Å². The van der Waals surface area contributed by atoms with Gasteiger partial charge in [-0.3, -0.25) is 5.41 Å². The Morgan fingerprint density at radius 3 is 2.68 bits per heavy atom. The summed E-state index contributed by atoms with van der Waals surface area (Å²) < 4.78 is 0. The lowest BCUT2D eigenvalue weighted by atomic mass is 9.42. The SMILES string of the molecule is C[C@@H]1C(C2CNCCN2C(=N)N)C[C@@H]2C[C@H]1C2(C)C. The molecule has 3 saturated carbocycles. The van der Waals surface area contributed by atoms with E-state index in [9.17, 15) is 0 Å². The van der Waals surface area contributed by atoms with Crippen molar-refractivity contribution < 1.29 is 0 Å². The molecule has 0 amide bonds. The Kier molecular flexibility index (Phi) is 3.04. The van der Waals surface area contributed by atoms with E-state index < -0.39 is 0 Å². The highest BCUT2D eigenvalue weighted by molar-refractivity contribution is 5.75. The molecule has 4 N–H and O–H groups in total. The van der Waals surface area contributed by atoms with Crippen LogP contribution < -0.4 is 11.1 Å². The number of nitrogens with two attached hydrogens (primary N) is 1. The van der Waals surface area contributed by atoms with Gasteiger partial charge >= 0.3 is 0 Å². The molecule has 4 aliphatic rings. The van der Waals surface area contributed by atoms with Gasteiger partial charge in [0.15, 0.2) is 5.96 Å². The standard InChI is InChI=1S/C15H28N4/c1-9-11(6-10-7-12(9)15(10,2)3)13-8-18-4-5-19(13)14(16)17/h9-13,18H,4-8H2,1-3H3,(H3,16,17)/t9-,10-,11?,12-,13?/m1/s1. The summed E-state index contributed by atoms with van der Waals surface area (Å²) in [6.07, 6.45) is 2.74. The first kappa shape index (κ1) is 13.2. The van der Waals surface area contributed by atoms with E-state index >= 15 is 0 Å². The number of guanidine groups is 1. The number of rotatable bonds is 1. The molecule has 108 valence electrons. The van der Waals surface area contributed by atoms with Gasteiger partial charge in [0.25, 0.3) is 0 Å². The van der Waals surface area contributed by atoms with Crippen molar-refractivity contribution in [1.82, 2.24) is 10.2 Å². The second-order valence-corrected chi connectivity index (χ2v) is 7.47. The first-order chi connectivity index (χ1) is 8.93. The Balaban J connectivity index is 1.77. The van der Waals surface area contributed by atoms with E-state index in [1.165, 1.54) is 12.8 Å². The maximum absolute atomic E-state index is 7.82. The first-order valence-electron chi connectivity index (χ1n) is 7.74. The fourth-order valence-corrected chi connectivity index (χ4v) is 5.10. The molecule has 0 aromatic heterocycles. The lowest BCUT2D eigenvalue weighted by molar-refractivity contribution is -0.141. The van der Waals surface area contributed by atoms with E-state index in [0.29, 0.717) is 17.4 Å². The Bertz CT molecular complexity index is 378. The predicted octanol–water partition coefficient (Wildman–Crippen LogP) is 1.47. The third-order valence-corrected chi connectivity index (χ3v) is 6.50. The molecule has 1 aliphatic heterocycles. The Morgan fingerprint density at radius 2 is 2.11 bits per heavy atom. The minimum absolute atomic E-state index is 0.261. The molecule has 0 aromatic carbocycles. The normalized spacial score (nSPS) is 44.6. The molecule has 0 radical (unpaired) electrons. The topological polar surface area (TPSA) is 65.1 Å². The zero-order valence-electron chi connectivity index (χ0n) is 12.4. The fourth-order valence-electron chi connectivity index (χ4n) is 5.10. The summed E-state index contributed by atoms with van der Waals surface area (Å²) in [7, 11) is 0. The Labute approximate surface area is 116 Å². The molecule has 5 atom stereocenters. The van der Waals surface area contributed by atoms with Crippen LogP contribution in [0.25, 0.3) is 0 Å². The van der Waals surface area contributed by atoms with Crippen molar-refractivity contribution >= 4 is 5.96 Å². The number of nitrogens with zero attached hydrogens (tertiary/aromatic N) is 1. The van der Waals surface area contributed by atoms with Gasteiger partial charge in [0.05, 0.1) is 0 Å². The molecule has 2 unspecified atom stereocenters. The van der Waals surface area contributed by atoms with Crippen LogP contribution >= 0.6 is 0 Å². The zero-order valence-corrected chi connectivity index (χ0v) is 12.4. The molecule has 0 aromatic rings. The van der Waals surface area contributed by atoms with Crippen molar-refractivity contribution in [2.45, 2.75) is 39.7 Å². The third kappa shape index (κ3) is 1.87. The average molecular weight is 264 g/mol. The van der Waals surface area contributed by atoms with Crippen molar-refractivity contribution in [3.63, 3.8) is 0 Å². The van der Waals surface area contributed by atoms with Crippen LogP contribution in [0.2, 0.25) is 0 Å². The number of hydrogen-bond acceptors (Lipinski definition) is 2. The van der Waals surface area contributed by atoms with E-state index in [2.05, 4.69) is 31.0 Å². The third-order valence-electron chi connectivity index (χ3n) is 6.50. The van der Waals surface area contributed by atoms with E-state index in [-0.39, 0.29) is 5.96 Å². The Morgan fingerprint density at radius 1 is 1.37 bits per heavy atom. The van der Waals surface area contributed by atoms with E-state index in [1.807, 2.05) is 0 Å². The van der Waals surface area contributed by atoms with Gasteiger partial charge in [0, 0.05) is 25.7 Å². The number of hydrogen-bond donors (Lipinski definition) is 3. The maximum atomic E-state index is 7.82. The van der Waals surface area contributed by atoms with Crippen molar-refractivity contribution in [2.75, 3.05) is 19.6 Å². The number of fused-ring (bicyclic) bond motifs is 2. The summed E-state index contributed by atoms with van der Waals surface area (Å²) in [5.74, 6) is 3.47. The minimum atomic E-state index is 0.261. The Hall–Kier alpha value is -0.770. The lowest BCUT2D eigenvalue weighted by Crippen LogP contribution is -2.64. The summed E-state index contributed by atoms with van der Waals surface area (Å²) in [5.41, 5.74) is 6.33. The van der Waals surface area contributed by atoms with Gasteiger partial charge in [-0.2, -0.15) is 0 Å². The van der Waals surface area contributed by atoms with Crippen LogP contribution in [0.4, 0.5) is 0 Å². The molecule has 4 nitrogen and oxygen atoms in total. The van der Waals surface area contributed by atoms with Crippen LogP contribution in [0.1, 0.15) is 33.6 Å². The lowest BCUT2D eigenvalue weighted by Gasteiger charge is -2.64. The summed E-state index contributed by atoms with van der Waals surface area (Å²) in [5, 5.41) is 11.3. The maximum Gasteiger partial charge on any atom is 0.188 e. The number of piperazine rings is 1. The largest absolute Gasteiger partial charge is 0.370 e. The quantitative estimate of drug-likeness (QED) is 0.496. The second-order valence-electron chi connectivity index (χ2n) is 7.47. The summed E-state index contributed by atoms with van der Waals surface area (Å²) in [6.45, 7) is 10.2. The minimum Gasteiger partial charge on any atom is -0.370 e. The van der Waals surface area contributed by atoms with Gasteiger partial charge in [-0.05, 0) is 41.9 Å². The van der Waals surface area contributed by atoms with Gasteiger partial charge < -0.3 is 16.0 Å². The highest BCUT2D eigenvalue weighted by atomic mass is 15.3. The molecule has 0 spiro atoms. The zero-order chi connectivity index (χ0) is 13.8. The monoisotopic (exact) mass is 264 g/mol. The summed E-state index contributed by atoms with van der Waals surface area (Å²) in [6, 6.07) is 0.433. The van der Waals surface area contributed by atoms with Crippen molar-refractivity contribution in [3.05, 3.63) is 0 Å². The molecular formula is C15H28N4. The van der Waals surface area contributed by atoms with Crippen molar-refractivity contribution in [2.24, 2.45) is 34.8 Å². The highest BCUT2D eigenvalue weighted by Crippen LogP contribution is 2.63. The molecule has 19 heavy (non-hydrogen) atoms. The molecule has 4 heteroatoms. The van der Waals surface area contributed by atoms with Crippen LogP contribution in [0, 0.1) is 34.5 Å². The average Bonchev–Trinajstić information content (AvgIpc) is 2.38. The van der Waals surface area contributed by atoms with Crippen molar-refractivity contribution in [1.29, 1.82) is 5.41 Å². The van der Waals surface area contributed by atoms with Crippen LogP contribution in [-0.4, -0.2) is 36.5 Å². The molecule has 1 saturated heterocycles. The van der Waals surface area contributed by atoms with E-state index in [4.69, 9.17) is 11.1 Å². The highest BCUT2D eigenvalue weighted by Gasteiger charge is 2.57. The van der Waals surface area contributed by atoms with Crippen molar-refractivity contribution in [3.8, 4) is 0 Å². The van der Waals surface area contributed by atoms with Gasteiger partial charge in [0.2, 0.25) is 0 Å². The molecule has 3 aliphatic carbocycles. The second kappa shape index (κ2) is 4.37. The smallest absolute Gasteiger partial charge is 0.188 e. The molecule has 4 rings (SSSR count). The molecule has 1 heterocycles. The van der Waals surface area contributed by atoms with Gasteiger partial charge in [-0.15, -0.1) is 0 Å². The van der Waals surface area contributed by atoms with Crippen LogP contribution in [0.15, 0.2) is 0 Å². The van der Waals surface area contributed by atoms with Crippen LogP contribution in [0.3, 0.4) is 0 Å². The summed E-state index contributed by atoms with van der Waals surface area (Å²) >= 11 is 0. The first-order valence-corrected chi connectivity index (χ1v) is 7.74. The van der Waals surface area contributed by atoms with Crippen LogP contribution in [-0.2, 0) is 0 Å².